The maximum absolute atomic E-state index is 13.1. The molecule has 0 aliphatic carbocycles. The lowest BCUT2D eigenvalue weighted by atomic mass is 10.0. The number of carbonyl (C=O) groups excluding carboxylic acids is 4. The predicted octanol–water partition coefficient (Wildman–Crippen LogP) is 1.60. The molecule has 4 rings (SSSR count). The summed E-state index contributed by atoms with van der Waals surface area (Å²) >= 11 is 0. The summed E-state index contributed by atoms with van der Waals surface area (Å²) < 4.78 is 5.41. The molecule has 5 amide bonds. The molecule has 3 aliphatic rings. The van der Waals surface area contributed by atoms with Crippen LogP contribution in [-0.4, -0.2) is 119 Å². The molecule has 3 saturated heterocycles. The number of imide groups is 1. The van der Waals surface area contributed by atoms with Crippen LogP contribution in [0.4, 0.5) is 15.3 Å². The highest BCUT2D eigenvalue weighted by Gasteiger charge is 2.41. The summed E-state index contributed by atoms with van der Waals surface area (Å²) in [6.07, 6.45) is 1.15. The normalized spacial score (nSPS) is 20.1. The molecule has 3 aliphatic heterocycles. The molecule has 37 heavy (non-hydrogen) atoms. The van der Waals surface area contributed by atoms with E-state index in [1.807, 2.05) is 20.8 Å². The molecule has 0 saturated carbocycles. The predicted molar refractivity (Wildman–Crippen MR) is 136 cm³/mol. The van der Waals surface area contributed by atoms with E-state index in [9.17, 15) is 19.2 Å². The lowest BCUT2D eigenvalue weighted by molar-refractivity contribution is -0.116. The number of hydrogen-bond donors (Lipinski definition) is 1. The van der Waals surface area contributed by atoms with E-state index in [2.05, 4.69) is 4.90 Å². The Labute approximate surface area is 217 Å². The maximum atomic E-state index is 13.1. The second-order valence-electron chi connectivity index (χ2n) is 10.7. The zero-order valence-corrected chi connectivity index (χ0v) is 21.9. The molecule has 11 nitrogen and oxygen atoms in total. The van der Waals surface area contributed by atoms with E-state index in [-0.39, 0.29) is 43.1 Å². The zero-order valence-electron chi connectivity index (χ0n) is 21.9. The van der Waals surface area contributed by atoms with E-state index in [0.717, 1.165) is 25.9 Å². The standard InChI is InChI=1S/C26H37N5O6/c1-26(2,3)37-25(36)29-14-12-28(13-15-29)23(34)19-4-6-21(7-5-19)31-22(33)18-30(24(31)35)20-8-10-27(11-9-20)16-17-32/h4-7,20,32H,8-18H2,1-3H3. The van der Waals surface area contributed by atoms with Crippen molar-refractivity contribution < 1.29 is 29.0 Å². The monoisotopic (exact) mass is 515 g/mol. The van der Waals surface area contributed by atoms with Gasteiger partial charge in [-0.1, -0.05) is 0 Å². The number of aliphatic hydroxyl groups is 1. The number of urea groups is 1. The average Bonchev–Trinajstić information content (AvgIpc) is 3.17. The summed E-state index contributed by atoms with van der Waals surface area (Å²) in [5.74, 6) is -0.439. The highest BCUT2D eigenvalue weighted by Crippen LogP contribution is 2.27. The number of hydrogen-bond acceptors (Lipinski definition) is 7. The van der Waals surface area contributed by atoms with Crippen LogP contribution in [0.1, 0.15) is 44.0 Å². The number of likely N-dealkylation sites (tertiary alicyclic amines) is 1. The first-order valence-corrected chi connectivity index (χ1v) is 12.9. The Bertz CT molecular complexity index is 1010. The minimum absolute atomic E-state index is 0.00316. The van der Waals surface area contributed by atoms with Crippen molar-refractivity contribution in [3.63, 3.8) is 0 Å². The summed E-state index contributed by atoms with van der Waals surface area (Å²) in [5, 5.41) is 9.13. The molecule has 11 heteroatoms. The number of amides is 5. The van der Waals surface area contributed by atoms with Crippen LogP contribution in [-0.2, 0) is 9.53 Å². The molecule has 0 radical (unpaired) electrons. The van der Waals surface area contributed by atoms with Gasteiger partial charge in [-0.2, -0.15) is 0 Å². The van der Waals surface area contributed by atoms with Crippen molar-refractivity contribution in [3.8, 4) is 0 Å². The molecule has 0 atom stereocenters. The maximum Gasteiger partial charge on any atom is 0.410 e. The van der Waals surface area contributed by atoms with Gasteiger partial charge >= 0.3 is 12.1 Å². The van der Waals surface area contributed by atoms with E-state index in [0.29, 0.717) is 44.0 Å². The fourth-order valence-electron chi connectivity index (χ4n) is 5.01. The topological polar surface area (TPSA) is 114 Å². The van der Waals surface area contributed by atoms with Gasteiger partial charge in [-0.3, -0.25) is 9.59 Å². The van der Waals surface area contributed by atoms with Crippen LogP contribution in [0.5, 0.6) is 0 Å². The van der Waals surface area contributed by atoms with Gasteiger partial charge in [0.15, 0.2) is 0 Å². The van der Waals surface area contributed by atoms with E-state index in [1.54, 1.807) is 39.0 Å². The Morgan fingerprint density at radius 2 is 1.54 bits per heavy atom. The number of rotatable bonds is 5. The summed E-state index contributed by atoms with van der Waals surface area (Å²) in [6, 6.07) is 6.20. The molecule has 3 heterocycles. The summed E-state index contributed by atoms with van der Waals surface area (Å²) in [6.45, 7) is 9.38. The molecule has 1 aromatic rings. The van der Waals surface area contributed by atoms with E-state index >= 15 is 0 Å². The molecule has 1 N–H and O–H groups in total. The lowest BCUT2D eigenvalue weighted by Crippen LogP contribution is -2.51. The van der Waals surface area contributed by atoms with E-state index in [4.69, 9.17) is 9.84 Å². The summed E-state index contributed by atoms with van der Waals surface area (Å²) in [4.78, 5) is 59.4. The van der Waals surface area contributed by atoms with Crippen molar-refractivity contribution in [3.05, 3.63) is 29.8 Å². The number of nitrogens with zero attached hydrogens (tertiary/aromatic N) is 5. The van der Waals surface area contributed by atoms with Crippen molar-refractivity contribution >= 4 is 29.6 Å². The Hall–Kier alpha value is -3.18. The first-order valence-electron chi connectivity index (χ1n) is 12.9. The van der Waals surface area contributed by atoms with Gasteiger partial charge in [0.1, 0.15) is 12.1 Å². The minimum Gasteiger partial charge on any atom is -0.444 e. The molecule has 3 fully saturated rings. The van der Waals surface area contributed by atoms with Crippen LogP contribution in [0.15, 0.2) is 24.3 Å². The number of piperidine rings is 1. The number of ether oxygens (including phenoxy) is 1. The van der Waals surface area contributed by atoms with Gasteiger partial charge in [0.25, 0.3) is 11.8 Å². The molecule has 1 aromatic carbocycles. The van der Waals surface area contributed by atoms with E-state index in [1.165, 1.54) is 4.90 Å². The van der Waals surface area contributed by atoms with Crippen LogP contribution in [0.25, 0.3) is 0 Å². The fraction of sp³-hybridized carbons (Fsp3) is 0.615. The van der Waals surface area contributed by atoms with Crippen LogP contribution in [0.3, 0.4) is 0 Å². The Morgan fingerprint density at radius 3 is 2.11 bits per heavy atom. The van der Waals surface area contributed by atoms with Crippen molar-refractivity contribution in [2.45, 2.75) is 45.3 Å². The zero-order chi connectivity index (χ0) is 26.7. The highest BCUT2D eigenvalue weighted by atomic mass is 16.6. The Kier molecular flexibility index (Phi) is 8.03. The minimum atomic E-state index is -0.571. The first kappa shape index (κ1) is 26.9. The summed E-state index contributed by atoms with van der Waals surface area (Å²) in [5.41, 5.74) is 0.335. The van der Waals surface area contributed by atoms with Crippen molar-refractivity contribution in [1.29, 1.82) is 0 Å². The van der Waals surface area contributed by atoms with Crippen LogP contribution >= 0.6 is 0 Å². The Balaban J connectivity index is 1.33. The van der Waals surface area contributed by atoms with Crippen LogP contribution in [0, 0.1) is 0 Å². The highest BCUT2D eigenvalue weighted by molar-refractivity contribution is 6.20. The van der Waals surface area contributed by atoms with Crippen molar-refractivity contribution in [2.75, 3.05) is 63.9 Å². The van der Waals surface area contributed by atoms with Gasteiger partial charge in [-0.15, -0.1) is 0 Å². The van der Waals surface area contributed by atoms with Gasteiger partial charge in [0.05, 0.1) is 12.3 Å². The van der Waals surface area contributed by atoms with Gasteiger partial charge in [-0.05, 0) is 57.9 Å². The molecule has 0 bridgehead atoms. The van der Waals surface area contributed by atoms with Gasteiger partial charge in [-0.25, -0.2) is 14.5 Å². The van der Waals surface area contributed by atoms with Crippen LogP contribution < -0.4 is 4.90 Å². The third-order valence-electron chi connectivity index (χ3n) is 7.00. The number of carbonyl (C=O) groups is 4. The summed E-state index contributed by atoms with van der Waals surface area (Å²) in [7, 11) is 0. The SMILES string of the molecule is CC(C)(C)OC(=O)N1CCN(C(=O)c2ccc(N3C(=O)CN(C4CCN(CCO)CC4)C3=O)cc2)CC1. The second kappa shape index (κ2) is 11.1. The van der Waals surface area contributed by atoms with Crippen molar-refractivity contribution in [2.24, 2.45) is 0 Å². The average molecular weight is 516 g/mol. The number of piperazine rings is 1. The molecular formula is C26H37N5O6. The molecule has 202 valence electrons. The van der Waals surface area contributed by atoms with E-state index < -0.39 is 5.60 Å². The van der Waals surface area contributed by atoms with Gasteiger partial charge in [0.2, 0.25) is 0 Å². The number of aliphatic hydroxyl groups excluding tert-OH is 1. The Morgan fingerprint density at radius 1 is 0.946 bits per heavy atom. The third-order valence-corrected chi connectivity index (χ3v) is 7.00. The largest absolute Gasteiger partial charge is 0.444 e. The second-order valence-corrected chi connectivity index (χ2v) is 10.7. The quantitative estimate of drug-likeness (QED) is 0.593. The molecule has 0 aromatic heterocycles. The number of anilines is 1. The fourth-order valence-corrected chi connectivity index (χ4v) is 5.01. The molecule has 0 spiro atoms. The first-order chi connectivity index (χ1) is 17.6. The third kappa shape index (κ3) is 6.22. The van der Waals surface area contributed by atoms with Crippen molar-refractivity contribution in [1.82, 2.24) is 19.6 Å². The van der Waals surface area contributed by atoms with Gasteiger partial charge in [0, 0.05) is 57.4 Å². The molecular weight excluding hydrogens is 478 g/mol. The van der Waals surface area contributed by atoms with Gasteiger partial charge < -0.3 is 29.4 Å². The number of β-amino-alcohol motifs (C(OH)–C–C–N with tert-alkyl or cyclic N) is 1. The smallest absolute Gasteiger partial charge is 0.410 e. The molecule has 0 unspecified atom stereocenters. The van der Waals surface area contributed by atoms with Crippen LogP contribution in [0.2, 0.25) is 0 Å². The number of benzene rings is 1. The lowest BCUT2D eigenvalue weighted by Gasteiger charge is -2.36.